The van der Waals surface area contributed by atoms with Crippen molar-refractivity contribution in [1.82, 2.24) is 10.2 Å². The Balaban J connectivity index is 1.59. The van der Waals surface area contributed by atoms with Crippen LogP contribution in [-0.4, -0.2) is 83.3 Å². The van der Waals surface area contributed by atoms with Crippen LogP contribution in [0.4, 0.5) is 0 Å². The molecular formula is C30H36N2O8. The number of aliphatic hydroxyl groups is 3. The predicted octanol–water partition coefficient (Wildman–Crippen LogP) is 1.33. The summed E-state index contributed by atoms with van der Waals surface area (Å²) in [7, 11) is 1.48. The lowest BCUT2D eigenvalue weighted by atomic mass is 9.77. The quantitative estimate of drug-likeness (QED) is 0.366. The highest BCUT2D eigenvalue weighted by Crippen LogP contribution is 2.51. The summed E-state index contributed by atoms with van der Waals surface area (Å²) >= 11 is 0. The first-order valence-electron chi connectivity index (χ1n) is 13.6. The molecule has 2 aromatic rings. The normalized spacial score (nSPS) is 24.9. The number of carbonyl (C=O) groups excluding carboxylic acids is 2. The molecule has 1 fully saturated rings. The summed E-state index contributed by atoms with van der Waals surface area (Å²) in [4.78, 5) is 28.9. The van der Waals surface area contributed by atoms with Gasteiger partial charge in [0.05, 0.1) is 32.3 Å². The summed E-state index contributed by atoms with van der Waals surface area (Å²) in [6.07, 6.45) is 0.253. The van der Waals surface area contributed by atoms with E-state index >= 15 is 0 Å². The molecule has 1 saturated heterocycles. The molecule has 10 heteroatoms. The van der Waals surface area contributed by atoms with Gasteiger partial charge >= 0.3 is 0 Å². The van der Waals surface area contributed by atoms with E-state index in [-0.39, 0.29) is 32.2 Å². The van der Waals surface area contributed by atoms with Gasteiger partial charge in [0.2, 0.25) is 5.91 Å². The van der Waals surface area contributed by atoms with Crippen LogP contribution in [-0.2, 0) is 27.5 Å². The van der Waals surface area contributed by atoms with E-state index in [1.165, 1.54) is 7.11 Å². The lowest BCUT2D eigenvalue weighted by Crippen LogP contribution is -2.57. The lowest BCUT2D eigenvalue weighted by Gasteiger charge is -2.41. The fraction of sp³-hybridized carbons (Fsp3) is 0.467. The van der Waals surface area contributed by atoms with Gasteiger partial charge in [0, 0.05) is 30.8 Å². The molecule has 40 heavy (non-hydrogen) atoms. The average molecular weight is 553 g/mol. The zero-order chi connectivity index (χ0) is 28.4. The Bertz CT molecular complexity index is 1270. The van der Waals surface area contributed by atoms with Gasteiger partial charge in [-0.25, -0.2) is 0 Å². The third-order valence-corrected chi connectivity index (χ3v) is 7.82. The molecule has 0 radical (unpaired) electrons. The summed E-state index contributed by atoms with van der Waals surface area (Å²) in [5, 5.41) is 33.7. The first-order chi connectivity index (χ1) is 19.4. The smallest absolute Gasteiger partial charge is 0.252 e. The van der Waals surface area contributed by atoms with E-state index in [0.717, 1.165) is 17.5 Å². The minimum absolute atomic E-state index is 0.0381. The molecule has 2 aromatic carbocycles. The second-order valence-corrected chi connectivity index (χ2v) is 10.5. The van der Waals surface area contributed by atoms with Crippen molar-refractivity contribution >= 4 is 11.8 Å². The zero-order valence-corrected chi connectivity index (χ0v) is 22.7. The molecule has 0 saturated carbocycles. The number of aryl methyl sites for hydroxylation is 1. The van der Waals surface area contributed by atoms with Gasteiger partial charge in [-0.15, -0.1) is 0 Å². The maximum Gasteiger partial charge on any atom is 0.252 e. The van der Waals surface area contributed by atoms with Crippen molar-refractivity contribution in [3.8, 4) is 11.5 Å². The first-order valence-corrected chi connectivity index (χ1v) is 13.6. The highest BCUT2D eigenvalue weighted by Gasteiger charge is 2.52. The monoisotopic (exact) mass is 552 g/mol. The van der Waals surface area contributed by atoms with Gasteiger partial charge in [-0.05, 0) is 49.1 Å². The Morgan fingerprint density at radius 3 is 2.58 bits per heavy atom. The van der Waals surface area contributed by atoms with Crippen LogP contribution >= 0.6 is 0 Å². The zero-order valence-electron chi connectivity index (χ0n) is 22.7. The molecule has 0 spiro atoms. The van der Waals surface area contributed by atoms with Crippen molar-refractivity contribution in [2.45, 2.75) is 63.2 Å². The molecule has 10 nitrogen and oxygen atoms in total. The van der Waals surface area contributed by atoms with Gasteiger partial charge in [-0.2, -0.15) is 0 Å². The number of aliphatic hydroxyl groups excluding tert-OH is 3. The Morgan fingerprint density at radius 1 is 1.15 bits per heavy atom. The van der Waals surface area contributed by atoms with E-state index in [0.29, 0.717) is 41.2 Å². The number of methoxy groups -OCH3 is 1. The summed E-state index contributed by atoms with van der Waals surface area (Å²) in [6.45, 7) is 2.22. The molecule has 0 bridgehead atoms. The van der Waals surface area contributed by atoms with Crippen LogP contribution in [0.25, 0.3) is 0 Å². The molecule has 2 amide bonds. The molecule has 3 aliphatic rings. The average Bonchev–Trinajstić information content (AvgIpc) is 3.64. The fourth-order valence-electron chi connectivity index (χ4n) is 5.80. The number of rotatable bonds is 9. The van der Waals surface area contributed by atoms with Gasteiger partial charge in [-0.3, -0.25) is 9.59 Å². The second-order valence-electron chi connectivity index (χ2n) is 10.5. The van der Waals surface area contributed by atoms with Crippen molar-refractivity contribution in [2.24, 2.45) is 0 Å². The molecular weight excluding hydrogens is 516 g/mol. The fourth-order valence-corrected chi connectivity index (χ4v) is 5.80. The van der Waals surface area contributed by atoms with Crippen molar-refractivity contribution in [1.29, 1.82) is 0 Å². The van der Waals surface area contributed by atoms with E-state index in [2.05, 4.69) is 5.32 Å². The van der Waals surface area contributed by atoms with Gasteiger partial charge in [0.25, 0.3) is 5.91 Å². The number of carbonyl (C=O) groups is 2. The number of hydrogen-bond donors (Lipinski definition) is 4. The van der Waals surface area contributed by atoms with Crippen LogP contribution in [0, 0.1) is 6.92 Å². The number of benzene rings is 2. The maximum atomic E-state index is 13.8. The number of ether oxygens (including phenoxy) is 3. The summed E-state index contributed by atoms with van der Waals surface area (Å²) < 4.78 is 17.5. The van der Waals surface area contributed by atoms with Crippen molar-refractivity contribution in [3.63, 3.8) is 0 Å². The molecule has 5 atom stereocenters. The first kappa shape index (κ1) is 28.1. The molecule has 214 valence electrons. The molecule has 5 unspecified atom stereocenters. The van der Waals surface area contributed by atoms with E-state index in [9.17, 15) is 24.9 Å². The predicted molar refractivity (Wildman–Crippen MR) is 145 cm³/mol. The lowest BCUT2D eigenvalue weighted by molar-refractivity contribution is -0.147. The number of fused-ring (bicyclic) bond motifs is 3. The van der Waals surface area contributed by atoms with E-state index in [1.807, 2.05) is 31.2 Å². The molecule has 2 aliphatic heterocycles. The van der Waals surface area contributed by atoms with Crippen LogP contribution in [0.5, 0.6) is 11.5 Å². The van der Waals surface area contributed by atoms with Gasteiger partial charge in [0.15, 0.2) is 11.5 Å². The van der Waals surface area contributed by atoms with Crippen LogP contribution in [0.15, 0.2) is 48.0 Å². The van der Waals surface area contributed by atoms with Gasteiger partial charge in [-0.1, -0.05) is 29.8 Å². The highest BCUT2D eigenvalue weighted by atomic mass is 16.5. The summed E-state index contributed by atoms with van der Waals surface area (Å²) in [5.74, 6) is -0.625. The molecule has 5 rings (SSSR count). The summed E-state index contributed by atoms with van der Waals surface area (Å²) in [5.41, 5.74) is 3.43. The minimum atomic E-state index is -1.19. The SMILES string of the molecule is COc1cc(CO)cc2c1OC1C2C(C(=O)NCCO)=CC(N(Cc2ccc(C)cc2)C(=O)C2CCCO2)C1O. The van der Waals surface area contributed by atoms with Crippen LogP contribution in [0.3, 0.4) is 0 Å². The van der Waals surface area contributed by atoms with Gasteiger partial charge < -0.3 is 39.7 Å². The Hall–Kier alpha value is -3.44. The van der Waals surface area contributed by atoms with Crippen molar-refractivity contribution in [2.75, 3.05) is 26.9 Å². The van der Waals surface area contributed by atoms with Crippen molar-refractivity contribution in [3.05, 3.63) is 70.3 Å². The number of amides is 2. The third kappa shape index (κ3) is 5.32. The summed E-state index contributed by atoms with van der Waals surface area (Å²) in [6, 6.07) is 10.3. The topological polar surface area (TPSA) is 138 Å². The molecule has 4 N–H and O–H groups in total. The Morgan fingerprint density at radius 2 is 1.93 bits per heavy atom. The minimum Gasteiger partial charge on any atom is -0.493 e. The van der Waals surface area contributed by atoms with Crippen molar-refractivity contribution < 1.29 is 39.1 Å². The Kier molecular flexibility index (Phi) is 8.41. The molecule has 0 aromatic heterocycles. The largest absolute Gasteiger partial charge is 0.493 e. The second kappa shape index (κ2) is 12.0. The van der Waals surface area contributed by atoms with Crippen LogP contribution in [0.2, 0.25) is 0 Å². The van der Waals surface area contributed by atoms with E-state index in [4.69, 9.17) is 14.2 Å². The number of hydrogen-bond acceptors (Lipinski definition) is 8. The Labute approximate surface area is 233 Å². The maximum absolute atomic E-state index is 13.8. The van der Waals surface area contributed by atoms with E-state index in [1.54, 1.807) is 23.1 Å². The number of nitrogens with zero attached hydrogens (tertiary/aromatic N) is 1. The van der Waals surface area contributed by atoms with Gasteiger partial charge in [0.1, 0.15) is 18.3 Å². The van der Waals surface area contributed by atoms with E-state index < -0.39 is 36.2 Å². The highest BCUT2D eigenvalue weighted by molar-refractivity contribution is 5.96. The molecule has 1 aliphatic carbocycles. The third-order valence-electron chi connectivity index (χ3n) is 7.82. The molecule has 2 heterocycles. The standard InChI is InChI=1S/C30H36N2O8/c1-17-5-7-18(8-6-17)15-32(30(37)23-4-3-11-39-23)22-14-21(29(36)31-9-10-33)25-20-12-19(16-34)13-24(38-2)27(20)40-28(25)26(22)35/h5-8,12-14,22-23,25-26,28,33-35H,3-4,9-11,15-16H2,1-2H3,(H,31,36). The van der Waals surface area contributed by atoms with Crippen LogP contribution in [0.1, 0.15) is 41.0 Å². The number of nitrogens with one attached hydrogen (secondary N) is 1. The van der Waals surface area contributed by atoms with Crippen LogP contribution < -0.4 is 14.8 Å².